The van der Waals surface area contributed by atoms with E-state index in [4.69, 9.17) is 0 Å². The molecule has 0 heterocycles. The van der Waals surface area contributed by atoms with Gasteiger partial charge in [-0.1, -0.05) is 66.8 Å². The van der Waals surface area contributed by atoms with Crippen molar-refractivity contribution in [3.8, 4) is 0 Å². The van der Waals surface area contributed by atoms with Gasteiger partial charge in [-0.05, 0) is 12.5 Å². The quantitative estimate of drug-likeness (QED) is 0.562. The molecular weight excluding hydrogens is 236 g/mol. The molecule has 0 fully saturated rings. The summed E-state index contributed by atoms with van der Waals surface area (Å²) in [5.74, 6) is 0.165. The number of ketones is 1. The van der Waals surface area contributed by atoms with E-state index in [1.807, 2.05) is 19.1 Å². The molecule has 1 rings (SSSR count). The summed E-state index contributed by atoms with van der Waals surface area (Å²) in [5.41, 5.74) is 0. The molecule has 96 valence electrons. The van der Waals surface area contributed by atoms with E-state index in [1.165, 1.54) is 5.19 Å². The van der Waals surface area contributed by atoms with Gasteiger partial charge < -0.3 is 0 Å². The summed E-state index contributed by atoms with van der Waals surface area (Å²) in [4.78, 5) is 11.8. The van der Waals surface area contributed by atoms with Crippen molar-refractivity contribution in [1.82, 2.24) is 0 Å². The molecule has 0 atom stereocenters. The van der Waals surface area contributed by atoms with E-state index in [0.717, 1.165) is 11.6 Å². The zero-order valence-electron chi connectivity index (χ0n) is 11.6. The Bertz CT molecular complexity index is 443. The van der Waals surface area contributed by atoms with Crippen LogP contribution in [0.2, 0.25) is 13.1 Å². The molecule has 1 aromatic carbocycles. The zero-order valence-corrected chi connectivity index (χ0v) is 12.6. The molecule has 0 unspecified atom stereocenters. The van der Waals surface area contributed by atoms with Gasteiger partial charge in [0.05, 0.1) is 0 Å². The highest BCUT2D eigenvalue weighted by molar-refractivity contribution is 6.95. The molecule has 0 aliphatic rings. The minimum Gasteiger partial charge on any atom is -0.295 e. The molecule has 0 aliphatic carbocycles. The maximum absolute atomic E-state index is 11.8. The molecule has 18 heavy (non-hydrogen) atoms. The van der Waals surface area contributed by atoms with E-state index in [1.54, 1.807) is 6.08 Å². The number of hydrogen-bond donors (Lipinski definition) is 0. The molecule has 1 aromatic rings. The highest BCUT2D eigenvalue weighted by Crippen LogP contribution is 2.17. The van der Waals surface area contributed by atoms with Gasteiger partial charge in [0.15, 0.2) is 5.78 Å². The first kappa shape index (κ1) is 14.6. The number of rotatable bonds is 6. The van der Waals surface area contributed by atoms with Crippen molar-refractivity contribution < 1.29 is 4.79 Å². The molecule has 0 N–H and O–H groups in total. The van der Waals surface area contributed by atoms with Crippen LogP contribution in [0, 0.1) is 0 Å². The van der Waals surface area contributed by atoms with E-state index in [9.17, 15) is 4.79 Å². The molecule has 0 saturated heterocycles. The van der Waals surface area contributed by atoms with Gasteiger partial charge in [0.1, 0.15) is 8.07 Å². The van der Waals surface area contributed by atoms with Gasteiger partial charge in [-0.2, -0.15) is 0 Å². The van der Waals surface area contributed by atoms with Crippen molar-refractivity contribution in [3.05, 3.63) is 54.3 Å². The van der Waals surface area contributed by atoms with Gasteiger partial charge in [-0.3, -0.25) is 4.79 Å². The van der Waals surface area contributed by atoms with Gasteiger partial charge in [0, 0.05) is 6.42 Å². The van der Waals surface area contributed by atoms with Gasteiger partial charge in [-0.25, -0.2) is 0 Å². The van der Waals surface area contributed by atoms with Crippen molar-refractivity contribution in [2.75, 3.05) is 0 Å². The van der Waals surface area contributed by atoms with Gasteiger partial charge in [0.2, 0.25) is 0 Å². The minimum absolute atomic E-state index is 0.165. The Balaban J connectivity index is 2.77. The van der Waals surface area contributed by atoms with E-state index < -0.39 is 8.07 Å². The van der Waals surface area contributed by atoms with Crippen molar-refractivity contribution in [2.24, 2.45) is 0 Å². The zero-order chi connectivity index (χ0) is 13.6. The number of carbonyl (C=O) groups excluding carboxylic acids is 1. The molecule has 0 radical (unpaired) electrons. The van der Waals surface area contributed by atoms with Crippen LogP contribution < -0.4 is 5.19 Å². The number of carbonyl (C=O) groups is 1. The molecule has 2 heteroatoms. The van der Waals surface area contributed by atoms with Crippen LogP contribution in [0.15, 0.2) is 54.3 Å². The molecule has 1 nitrogen and oxygen atoms in total. The summed E-state index contributed by atoms with van der Waals surface area (Å²) in [5, 5.41) is 2.43. The first-order valence-corrected chi connectivity index (χ1v) is 9.41. The van der Waals surface area contributed by atoms with E-state index >= 15 is 0 Å². The molecule has 0 saturated carbocycles. The molecule has 0 aromatic heterocycles. The lowest BCUT2D eigenvalue weighted by atomic mass is 10.2. The third-order valence-electron chi connectivity index (χ3n) is 3.31. The Morgan fingerprint density at radius 1 is 1.28 bits per heavy atom. The second-order valence-corrected chi connectivity index (χ2v) is 9.58. The second kappa shape index (κ2) is 6.50. The van der Waals surface area contributed by atoms with E-state index in [2.05, 4.69) is 43.9 Å². The third-order valence-corrected chi connectivity index (χ3v) is 7.03. The van der Waals surface area contributed by atoms with Gasteiger partial charge in [0.25, 0.3) is 0 Å². The maximum Gasteiger partial charge on any atom is 0.159 e. The normalized spacial score (nSPS) is 11.7. The summed E-state index contributed by atoms with van der Waals surface area (Å²) in [6.07, 6.45) is 4.97. The first-order chi connectivity index (χ1) is 8.48. The lowest BCUT2D eigenvalue weighted by Gasteiger charge is -2.25. The standard InChI is InChI=1S/C16H22OSi/c1-5-6-10-15(17)13-14(2)18(3,4)16-11-8-7-9-12-16/h6-12H,2,5,13H2,1,3-4H3/b10-6+. The largest absolute Gasteiger partial charge is 0.295 e. The fourth-order valence-corrected chi connectivity index (χ4v) is 3.85. The van der Waals surface area contributed by atoms with Crippen LogP contribution >= 0.6 is 0 Å². The van der Waals surface area contributed by atoms with Crippen molar-refractivity contribution >= 4 is 19.0 Å². The smallest absolute Gasteiger partial charge is 0.159 e. The highest BCUT2D eigenvalue weighted by Gasteiger charge is 2.27. The fraction of sp³-hybridized carbons (Fsp3) is 0.312. The lowest BCUT2D eigenvalue weighted by molar-refractivity contribution is -0.113. The summed E-state index contributed by atoms with van der Waals surface area (Å²) in [6, 6.07) is 10.4. The first-order valence-electron chi connectivity index (χ1n) is 6.41. The van der Waals surface area contributed by atoms with Crippen LogP contribution in [0.5, 0.6) is 0 Å². The van der Waals surface area contributed by atoms with Crippen molar-refractivity contribution in [3.63, 3.8) is 0 Å². The Morgan fingerprint density at radius 3 is 2.44 bits per heavy atom. The van der Waals surface area contributed by atoms with E-state index in [0.29, 0.717) is 6.42 Å². The average Bonchev–Trinajstić information content (AvgIpc) is 2.37. The van der Waals surface area contributed by atoms with E-state index in [-0.39, 0.29) is 5.78 Å². The molecule has 0 spiro atoms. The second-order valence-electron chi connectivity index (χ2n) is 5.05. The van der Waals surface area contributed by atoms with Gasteiger partial charge >= 0.3 is 0 Å². The molecule has 0 amide bonds. The Kier molecular flexibility index (Phi) is 5.29. The highest BCUT2D eigenvalue weighted by atomic mass is 28.3. The van der Waals surface area contributed by atoms with Crippen LogP contribution in [-0.2, 0) is 4.79 Å². The number of allylic oxidation sites excluding steroid dienone is 3. The predicted octanol–water partition coefficient (Wildman–Crippen LogP) is 3.62. The van der Waals surface area contributed by atoms with Gasteiger partial charge in [-0.15, -0.1) is 6.58 Å². The summed E-state index contributed by atoms with van der Waals surface area (Å²) in [6.45, 7) is 10.7. The number of hydrogen-bond acceptors (Lipinski definition) is 1. The summed E-state index contributed by atoms with van der Waals surface area (Å²) >= 11 is 0. The summed E-state index contributed by atoms with van der Waals surface area (Å²) in [7, 11) is -1.73. The van der Waals surface area contributed by atoms with Crippen LogP contribution in [-0.4, -0.2) is 13.9 Å². The maximum atomic E-state index is 11.8. The Hall–Kier alpha value is -1.41. The topological polar surface area (TPSA) is 17.1 Å². The fourth-order valence-electron chi connectivity index (χ4n) is 1.80. The molecule has 0 bridgehead atoms. The summed E-state index contributed by atoms with van der Waals surface area (Å²) < 4.78 is 0. The van der Waals surface area contributed by atoms with Crippen LogP contribution in [0.1, 0.15) is 19.8 Å². The predicted molar refractivity (Wildman–Crippen MR) is 81.8 cm³/mol. The lowest BCUT2D eigenvalue weighted by Crippen LogP contribution is -2.43. The SMILES string of the molecule is C=C(CC(=O)/C=C/CC)[Si](C)(C)c1ccccc1. The monoisotopic (exact) mass is 258 g/mol. The van der Waals surface area contributed by atoms with Crippen LogP contribution in [0.3, 0.4) is 0 Å². The molecular formula is C16H22OSi. The van der Waals surface area contributed by atoms with Crippen LogP contribution in [0.4, 0.5) is 0 Å². The van der Waals surface area contributed by atoms with Crippen molar-refractivity contribution in [1.29, 1.82) is 0 Å². The van der Waals surface area contributed by atoms with Crippen LogP contribution in [0.25, 0.3) is 0 Å². The molecule has 0 aliphatic heterocycles. The third kappa shape index (κ3) is 3.81. The Labute approximate surface area is 111 Å². The minimum atomic E-state index is -1.73. The average molecular weight is 258 g/mol. The Morgan fingerprint density at radius 2 is 1.89 bits per heavy atom. The number of benzene rings is 1. The van der Waals surface area contributed by atoms with Crippen molar-refractivity contribution in [2.45, 2.75) is 32.9 Å².